The van der Waals surface area contributed by atoms with E-state index in [1.54, 1.807) is 19.3 Å². The lowest BCUT2D eigenvalue weighted by Crippen LogP contribution is -2.09. The number of fused-ring (bicyclic) bond motifs is 1. The van der Waals surface area contributed by atoms with Gasteiger partial charge in [-0.1, -0.05) is 30.3 Å². The third-order valence-electron chi connectivity index (χ3n) is 5.16. The molecule has 0 fully saturated rings. The van der Waals surface area contributed by atoms with Crippen LogP contribution in [0.25, 0.3) is 27.7 Å². The molecule has 33 heavy (non-hydrogen) atoms. The summed E-state index contributed by atoms with van der Waals surface area (Å²) in [5.74, 6) is -0.974. The van der Waals surface area contributed by atoms with Crippen LogP contribution in [0, 0.1) is 15.9 Å². The topological polar surface area (TPSA) is 94.6 Å². The van der Waals surface area contributed by atoms with Gasteiger partial charge >= 0.3 is 5.69 Å². The minimum atomic E-state index is -0.975. The second-order valence-corrected chi connectivity index (χ2v) is 7.30. The number of ether oxygens (including phenoxy) is 1. The Bertz CT molecular complexity index is 1390. The van der Waals surface area contributed by atoms with Crippen molar-refractivity contribution in [3.05, 3.63) is 94.5 Å². The normalized spacial score (nSPS) is 11.4. The number of nitro groups is 1. The van der Waals surface area contributed by atoms with E-state index < -0.39 is 22.3 Å². The average Bonchev–Trinajstić information content (AvgIpc) is 3.22. The fourth-order valence-electron chi connectivity index (χ4n) is 3.56. The molecule has 0 radical (unpaired) electrons. The monoisotopic (exact) mass is 446 g/mol. The van der Waals surface area contributed by atoms with E-state index in [9.17, 15) is 19.3 Å². The number of allylic oxidation sites excluding steroid dienone is 1. The number of hydrogen-bond donors (Lipinski definition) is 1. The summed E-state index contributed by atoms with van der Waals surface area (Å²) in [7, 11) is 1.52. The molecule has 1 N–H and O–H groups in total. The summed E-state index contributed by atoms with van der Waals surface area (Å²) in [5.41, 5.74) is 3.22. The largest absolute Gasteiger partial charge is 0.496 e. The van der Waals surface area contributed by atoms with Gasteiger partial charge in [-0.25, -0.2) is 0 Å². The molecule has 7 nitrogen and oxygen atoms in total. The zero-order chi connectivity index (χ0) is 23.5. The highest BCUT2D eigenvalue weighted by atomic mass is 19.1. The molecule has 8 heteroatoms. The molecule has 0 atom stereocenters. The molecule has 4 rings (SSSR count). The van der Waals surface area contributed by atoms with Crippen LogP contribution >= 0.6 is 0 Å². The van der Waals surface area contributed by atoms with Crippen molar-refractivity contribution in [1.82, 2.24) is 0 Å². The van der Waals surface area contributed by atoms with Gasteiger partial charge < -0.3 is 14.5 Å². The highest BCUT2D eigenvalue weighted by molar-refractivity contribution is 6.05. The van der Waals surface area contributed by atoms with Crippen LogP contribution in [0.3, 0.4) is 0 Å². The van der Waals surface area contributed by atoms with E-state index in [2.05, 4.69) is 5.32 Å². The summed E-state index contributed by atoms with van der Waals surface area (Å²) in [6, 6.07) is 16.6. The van der Waals surface area contributed by atoms with Gasteiger partial charge in [0, 0.05) is 40.4 Å². The molecule has 0 bridgehead atoms. The minimum Gasteiger partial charge on any atom is -0.496 e. The van der Waals surface area contributed by atoms with Crippen molar-refractivity contribution < 1.29 is 23.3 Å². The molecular weight excluding hydrogens is 427 g/mol. The van der Waals surface area contributed by atoms with E-state index >= 15 is 0 Å². The predicted molar refractivity (Wildman–Crippen MR) is 124 cm³/mol. The smallest absolute Gasteiger partial charge is 0.306 e. The first-order chi connectivity index (χ1) is 15.9. The number of methoxy groups -OCH3 is 1. The fraction of sp³-hybridized carbons (Fsp3) is 0.0800. The molecule has 0 unspecified atom stereocenters. The number of amides is 1. The number of carbonyl (C=O) groups is 1. The second-order valence-electron chi connectivity index (χ2n) is 7.30. The Morgan fingerprint density at radius 3 is 2.61 bits per heavy atom. The summed E-state index contributed by atoms with van der Waals surface area (Å²) >= 11 is 0. The highest BCUT2D eigenvalue weighted by Gasteiger charge is 2.17. The Morgan fingerprint density at radius 1 is 1.15 bits per heavy atom. The maximum atomic E-state index is 13.5. The molecule has 0 saturated carbocycles. The standard InChI is InChI=1S/C25H19FN2O5/c1-15(10-25(29)27-17-8-9-21(26)22(11-17)28(30)31)18-12-19-20(16-6-4-3-5-7-16)14-33-24(19)13-23(18)32-2/h3-14H,1-2H3,(H,27,29)/b15-10+. The maximum Gasteiger partial charge on any atom is 0.306 e. The zero-order valence-corrected chi connectivity index (χ0v) is 17.8. The van der Waals surface area contributed by atoms with Crippen molar-refractivity contribution in [2.75, 3.05) is 12.4 Å². The van der Waals surface area contributed by atoms with Crippen LogP contribution in [0.15, 0.2) is 77.4 Å². The minimum absolute atomic E-state index is 0.112. The summed E-state index contributed by atoms with van der Waals surface area (Å²) < 4.78 is 24.8. The number of anilines is 1. The molecule has 166 valence electrons. The van der Waals surface area contributed by atoms with Gasteiger partial charge in [0.05, 0.1) is 18.3 Å². The Morgan fingerprint density at radius 2 is 1.91 bits per heavy atom. The number of carbonyl (C=O) groups excluding carboxylic acids is 1. The highest BCUT2D eigenvalue weighted by Crippen LogP contribution is 2.37. The number of nitrogens with zero attached hydrogens (tertiary/aromatic N) is 1. The number of nitro benzene ring substituents is 1. The van der Waals surface area contributed by atoms with Gasteiger partial charge in [0.1, 0.15) is 11.3 Å². The molecule has 0 aliphatic rings. The quantitative estimate of drug-likeness (QED) is 0.216. The third-order valence-corrected chi connectivity index (χ3v) is 5.16. The van der Waals surface area contributed by atoms with Crippen LogP contribution in [-0.4, -0.2) is 17.9 Å². The Balaban J connectivity index is 1.68. The molecule has 4 aromatic rings. The van der Waals surface area contributed by atoms with E-state index in [0.717, 1.165) is 28.6 Å². The van der Waals surface area contributed by atoms with Gasteiger partial charge in [0.25, 0.3) is 0 Å². The molecule has 3 aromatic carbocycles. The molecule has 0 spiro atoms. The third kappa shape index (κ3) is 4.45. The molecule has 0 aliphatic carbocycles. The van der Waals surface area contributed by atoms with Crippen LogP contribution in [0.1, 0.15) is 12.5 Å². The van der Waals surface area contributed by atoms with Crippen LogP contribution in [0.2, 0.25) is 0 Å². The lowest BCUT2D eigenvalue weighted by atomic mass is 9.99. The second kappa shape index (κ2) is 8.96. The first kappa shape index (κ1) is 21.8. The van der Waals surface area contributed by atoms with Crippen LogP contribution in [0.5, 0.6) is 5.75 Å². The number of furan rings is 1. The number of nitrogens with one attached hydrogen (secondary N) is 1. The van der Waals surface area contributed by atoms with Crippen molar-refractivity contribution in [3.63, 3.8) is 0 Å². The van der Waals surface area contributed by atoms with Crippen molar-refractivity contribution in [3.8, 4) is 16.9 Å². The van der Waals surface area contributed by atoms with Crippen molar-refractivity contribution in [2.45, 2.75) is 6.92 Å². The number of halogens is 1. The van der Waals surface area contributed by atoms with Gasteiger partial charge in [-0.3, -0.25) is 14.9 Å². The SMILES string of the molecule is COc1cc2occ(-c3ccccc3)c2cc1/C(C)=C/C(=O)Nc1ccc(F)c([N+](=O)[O-])c1. The molecular formula is C25H19FN2O5. The van der Waals surface area contributed by atoms with E-state index in [1.807, 2.05) is 36.4 Å². The van der Waals surface area contributed by atoms with Gasteiger partial charge in [-0.15, -0.1) is 0 Å². The zero-order valence-electron chi connectivity index (χ0n) is 17.8. The number of hydrogen-bond acceptors (Lipinski definition) is 5. The van der Waals surface area contributed by atoms with Gasteiger partial charge in [0.15, 0.2) is 0 Å². The molecule has 0 aliphatic heterocycles. The number of benzene rings is 3. The van der Waals surface area contributed by atoms with Crippen LogP contribution in [-0.2, 0) is 4.79 Å². The molecule has 1 heterocycles. The van der Waals surface area contributed by atoms with E-state index in [-0.39, 0.29) is 5.69 Å². The van der Waals surface area contributed by atoms with E-state index in [1.165, 1.54) is 19.3 Å². The lowest BCUT2D eigenvalue weighted by molar-refractivity contribution is -0.387. The van der Waals surface area contributed by atoms with Gasteiger partial charge in [-0.2, -0.15) is 4.39 Å². The first-order valence-corrected chi connectivity index (χ1v) is 9.95. The van der Waals surface area contributed by atoms with Crippen LogP contribution < -0.4 is 10.1 Å². The number of rotatable bonds is 6. The lowest BCUT2D eigenvalue weighted by Gasteiger charge is -2.10. The average molecular weight is 446 g/mol. The fourth-order valence-corrected chi connectivity index (χ4v) is 3.56. The summed E-state index contributed by atoms with van der Waals surface area (Å²) in [4.78, 5) is 22.6. The molecule has 1 aromatic heterocycles. The van der Waals surface area contributed by atoms with Crippen LogP contribution in [0.4, 0.5) is 15.8 Å². The maximum absolute atomic E-state index is 13.5. The van der Waals surface area contributed by atoms with E-state index in [4.69, 9.17) is 9.15 Å². The summed E-state index contributed by atoms with van der Waals surface area (Å²) in [6.45, 7) is 1.75. The van der Waals surface area contributed by atoms with Crippen molar-refractivity contribution >= 4 is 33.8 Å². The van der Waals surface area contributed by atoms with Gasteiger partial charge in [0.2, 0.25) is 11.7 Å². The summed E-state index contributed by atoms with van der Waals surface area (Å²) in [6.07, 6.45) is 3.03. The Labute approximate surface area is 188 Å². The van der Waals surface area contributed by atoms with Crippen molar-refractivity contribution in [1.29, 1.82) is 0 Å². The Hall–Kier alpha value is -4.46. The summed E-state index contributed by atoms with van der Waals surface area (Å²) in [5, 5.41) is 14.3. The Kier molecular flexibility index (Phi) is 5.91. The van der Waals surface area contributed by atoms with E-state index in [0.29, 0.717) is 22.5 Å². The molecule has 1 amide bonds. The molecule has 0 saturated heterocycles. The first-order valence-electron chi connectivity index (χ1n) is 9.95. The predicted octanol–water partition coefficient (Wildman–Crippen LogP) is 6.20. The van der Waals surface area contributed by atoms with Gasteiger partial charge in [-0.05, 0) is 36.3 Å². The van der Waals surface area contributed by atoms with Crippen molar-refractivity contribution in [2.24, 2.45) is 0 Å².